The molecule has 0 heterocycles. The van der Waals surface area contributed by atoms with Crippen molar-refractivity contribution in [2.45, 2.75) is 20.3 Å². The SMILES string of the molecule is CCCOCC(=O)c1ccc(C)cc1Br. The molecule has 1 aromatic carbocycles. The second-order valence-electron chi connectivity index (χ2n) is 3.46. The Morgan fingerprint density at radius 2 is 2.20 bits per heavy atom. The van der Waals surface area contributed by atoms with E-state index in [0.717, 1.165) is 16.5 Å². The topological polar surface area (TPSA) is 26.3 Å². The van der Waals surface area contributed by atoms with Crippen LogP contribution in [0.5, 0.6) is 0 Å². The molecule has 82 valence electrons. The Morgan fingerprint density at radius 1 is 1.47 bits per heavy atom. The van der Waals surface area contributed by atoms with Crippen LogP contribution in [-0.2, 0) is 4.74 Å². The van der Waals surface area contributed by atoms with Crippen LogP contribution in [-0.4, -0.2) is 19.0 Å². The molecule has 0 spiro atoms. The number of carbonyl (C=O) groups is 1. The van der Waals surface area contributed by atoms with E-state index in [1.54, 1.807) is 0 Å². The Balaban J connectivity index is 2.65. The quantitative estimate of drug-likeness (QED) is 0.606. The van der Waals surface area contributed by atoms with Crippen LogP contribution in [0.25, 0.3) is 0 Å². The molecule has 3 heteroatoms. The highest BCUT2D eigenvalue weighted by Gasteiger charge is 2.09. The number of benzene rings is 1. The van der Waals surface area contributed by atoms with E-state index in [-0.39, 0.29) is 12.4 Å². The Bertz CT molecular complexity index is 347. The third-order valence-electron chi connectivity index (χ3n) is 2.01. The second kappa shape index (κ2) is 6.03. The Hall–Kier alpha value is -0.670. The van der Waals surface area contributed by atoms with Gasteiger partial charge in [-0.15, -0.1) is 0 Å². The van der Waals surface area contributed by atoms with Crippen molar-refractivity contribution in [3.63, 3.8) is 0 Å². The molecule has 0 unspecified atom stereocenters. The molecule has 0 saturated heterocycles. The molecule has 0 fully saturated rings. The van der Waals surface area contributed by atoms with Crippen molar-refractivity contribution in [1.82, 2.24) is 0 Å². The third-order valence-corrected chi connectivity index (χ3v) is 2.66. The van der Waals surface area contributed by atoms with Crippen LogP contribution >= 0.6 is 15.9 Å². The van der Waals surface area contributed by atoms with Gasteiger partial charge in [-0.1, -0.05) is 28.9 Å². The number of halogens is 1. The highest BCUT2D eigenvalue weighted by atomic mass is 79.9. The number of hydrogen-bond acceptors (Lipinski definition) is 2. The zero-order valence-electron chi connectivity index (χ0n) is 9.05. The zero-order chi connectivity index (χ0) is 11.3. The van der Waals surface area contributed by atoms with Gasteiger partial charge in [0, 0.05) is 16.6 Å². The summed E-state index contributed by atoms with van der Waals surface area (Å²) in [6.07, 6.45) is 0.933. The highest BCUT2D eigenvalue weighted by molar-refractivity contribution is 9.10. The van der Waals surface area contributed by atoms with E-state index in [4.69, 9.17) is 4.74 Å². The predicted molar refractivity (Wildman–Crippen MR) is 64.3 cm³/mol. The smallest absolute Gasteiger partial charge is 0.189 e. The second-order valence-corrected chi connectivity index (χ2v) is 4.31. The van der Waals surface area contributed by atoms with E-state index in [1.807, 2.05) is 32.0 Å². The van der Waals surface area contributed by atoms with Gasteiger partial charge in [-0.05, 0) is 31.0 Å². The molecule has 1 aromatic rings. The number of carbonyl (C=O) groups excluding carboxylic acids is 1. The van der Waals surface area contributed by atoms with E-state index in [0.29, 0.717) is 12.2 Å². The first-order valence-corrected chi connectivity index (χ1v) is 5.81. The van der Waals surface area contributed by atoms with Gasteiger partial charge in [-0.25, -0.2) is 0 Å². The summed E-state index contributed by atoms with van der Waals surface area (Å²) in [6, 6.07) is 5.70. The molecule has 0 aromatic heterocycles. The van der Waals surface area contributed by atoms with Gasteiger partial charge in [0.15, 0.2) is 5.78 Å². The molecule has 0 atom stereocenters. The van der Waals surface area contributed by atoms with Crippen molar-refractivity contribution in [3.8, 4) is 0 Å². The molecular formula is C12H15BrO2. The van der Waals surface area contributed by atoms with Gasteiger partial charge in [0.05, 0.1) is 0 Å². The molecule has 0 aliphatic heterocycles. The molecule has 0 amide bonds. The van der Waals surface area contributed by atoms with Crippen LogP contribution < -0.4 is 0 Å². The van der Waals surface area contributed by atoms with Gasteiger partial charge in [-0.2, -0.15) is 0 Å². The van der Waals surface area contributed by atoms with E-state index < -0.39 is 0 Å². The Labute approximate surface area is 98.8 Å². The minimum Gasteiger partial charge on any atom is -0.373 e. The van der Waals surface area contributed by atoms with E-state index in [2.05, 4.69) is 15.9 Å². The predicted octanol–water partition coefficient (Wildman–Crippen LogP) is 3.37. The number of rotatable bonds is 5. The number of Topliss-reactive ketones (excluding diaryl/α,β-unsaturated/α-hetero) is 1. The molecule has 0 N–H and O–H groups in total. The molecule has 0 bridgehead atoms. The van der Waals surface area contributed by atoms with Gasteiger partial charge in [0.2, 0.25) is 0 Å². The molecule has 1 rings (SSSR count). The first-order chi connectivity index (χ1) is 7.15. The lowest BCUT2D eigenvalue weighted by Gasteiger charge is -2.05. The van der Waals surface area contributed by atoms with Crippen LogP contribution in [0.2, 0.25) is 0 Å². The third kappa shape index (κ3) is 3.76. The average Bonchev–Trinajstić information content (AvgIpc) is 2.17. The monoisotopic (exact) mass is 270 g/mol. The van der Waals surface area contributed by atoms with Crippen LogP contribution in [0.1, 0.15) is 29.3 Å². The minimum atomic E-state index is 0.0234. The summed E-state index contributed by atoms with van der Waals surface area (Å²) in [5, 5.41) is 0. The first-order valence-electron chi connectivity index (χ1n) is 5.02. The molecule has 0 saturated carbocycles. The van der Waals surface area contributed by atoms with Crippen LogP contribution in [0.4, 0.5) is 0 Å². The summed E-state index contributed by atoms with van der Waals surface area (Å²) in [7, 11) is 0. The zero-order valence-corrected chi connectivity index (χ0v) is 10.6. The summed E-state index contributed by atoms with van der Waals surface area (Å²) >= 11 is 3.38. The summed E-state index contributed by atoms with van der Waals surface area (Å²) in [6.45, 7) is 4.81. The molecule has 0 radical (unpaired) electrons. The normalized spacial score (nSPS) is 10.3. The van der Waals surface area contributed by atoms with Crippen molar-refractivity contribution in [2.75, 3.05) is 13.2 Å². The van der Waals surface area contributed by atoms with Gasteiger partial charge < -0.3 is 4.74 Å². The first kappa shape index (κ1) is 12.4. The molecule has 0 aliphatic carbocycles. The molecular weight excluding hydrogens is 256 g/mol. The van der Waals surface area contributed by atoms with Crippen LogP contribution in [0, 0.1) is 6.92 Å². The maximum Gasteiger partial charge on any atom is 0.189 e. The van der Waals surface area contributed by atoms with Crippen molar-refractivity contribution in [2.24, 2.45) is 0 Å². The lowest BCUT2D eigenvalue weighted by Crippen LogP contribution is -2.10. The summed E-state index contributed by atoms with van der Waals surface area (Å²) in [4.78, 5) is 11.7. The standard InChI is InChI=1S/C12H15BrO2/c1-3-6-15-8-12(14)10-5-4-9(2)7-11(10)13/h4-5,7H,3,6,8H2,1-2H3. The summed E-state index contributed by atoms with van der Waals surface area (Å²) in [5.74, 6) is 0.0234. The largest absolute Gasteiger partial charge is 0.373 e. The summed E-state index contributed by atoms with van der Waals surface area (Å²) < 4.78 is 6.05. The van der Waals surface area contributed by atoms with Gasteiger partial charge in [0.1, 0.15) is 6.61 Å². The van der Waals surface area contributed by atoms with Gasteiger partial charge >= 0.3 is 0 Å². The summed E-state index contributed by atoms with van der Waals surface area (Å²) in [5.41, 5.74) is 1.82. The average molecular weight is 271 g/mol. The van der Waals surface area contributed by atoms with Gasteiger partial charge in [-0.3, -0.25) is 4.79 Å². The number of aryl methyl sites for hydroxylation is 1. The highest BCUT2D eigenvalue weighted by Crippen LogP contribution is 2.18. The maximum atomic E-state index is 11.7. The van der Waals surface area contributed by atoms with Crippen LogP contribution in [0.3, 0.4) is 0 Å². The maximum absolute atomic E-state index is 11.7. The van der Waals surface area contributed by atoms with E-state index in [9.17, 15) is 4.79 Å². The van der Waals surface area contributed by atoms with Crippen LogP contribution in [0.15, 0.2) is 22.7 Å². The number of ether oxygens (including phenoxy) is 1. The fourth-order valence-corrected chi connectivity index (χ4v) is 1.95. The molecule has 15 heavy (non-hydrogen) atoms. The van der Waals surface area contributed by atoms with E-state index >= 15 is 0 Å². The fraction of sp³-hybridized carbons (Fsp3) is 0.417. The van der Waals surface area contributed by atoms with Crippen molar-refractivity contribution >= 4 is 21.7 Å². The van der Waals surface area contributed by atoms with Crippen molar-refractivity contribution in [1.29, 1.82) is 0 Å². The van der Waals surface area contributed by atoms with Gasteiger partial charge in [0.25, 0.3) is 0 Å². The Kier molecular flexibility index (Phi) is 4.99. The van der Waals surface area contributed by atoms with Crippen molar-refractivity contribution in [3.05, 3.63) is 33.8 Å². The number of ketones is 1. The molecule has 0 aliphatic rings. The number of hydrogen-bond donors (Lipinski definition) is 0. The lowest BCUT2D eigenvalue weighted by molar-refractivity contribution is 0.0760. The fourth-order valence-electron chi connectivity index (χ4n) is 1.23. The van der Waals surface area contributed by atoms with Crippen molar-refractivity contribution < 1.29 is 9.53 Å². The Morgan fingerprint density at radius 3 is 2.80 bits per heavy atom. The molecule has 2 nitrogen and oxygen atoms in total. The lowest BCUT2D eigenvalue weighted by atomic mass is 10.1. The van der Waals surface area contributed by atoms with E-state index in [1.165, 1.54) is 0 Å². The minimum absolute atomic E-state index is 0.0234.